The van der Waals surface area contributed by atoms with Crippen LogP contribution in [0.25, 0.3) is 0 Å². The predicted molar refractivity (Wildman–Crippen MR) is 61.7 cm³/mol. The molecule has 1 saturated heterocycles. The third-order valence-electron chi connectivity index (χ3n) is 2.85. The standard InChI is InChI=1S/C11H12FNO4S/c12-10-3-1-8(2-4-10)7-18(16,17)13-5-9(6-13)11(14)15/h1-4,9H,5-7H2,(H,14,15). The van der Waals surface area contributed by atoms with Gasteiger partial charge in [0.2, 0.25) is 10.0 Å². The molecule has 0 aliphatic carbocycles. The first-order valence-corrected chi connectivity index (χ1v) is 6.94. The average Bonchev–Trinajstić information content (AvgIpc) is 2.17. The second-order valence-electron chi connectivity index (χ2n) is 4.23. The van der Waals surface area contributed by atoms with E-state index in [0.29, 0.717) is 5.56 Å². The molecule has 0 aromatic heterocycles. The molecule has 0 unspecified atom stereocenters. The van der Waals surface area contributed by atoms with Gasteiger partial charge in [-0.3, -0.25) is 4.79 Å². The monoisotopic (exact) mass is 273 g/mol. The summed E-state index contributed by atoms with van der Waals surface area (Å²) in [4.78, 5) is 10.6. The van der Waals surface area contributed by atoms with Crippen LogP contribution in [0.2, 0.25) is 0 Å². The SMILES string of the molecule is O=C(O)C1CN(S(=O)(=O)Cc2ccc(F)cc2)C1. The molecule has 0 saturated carbocycles. The fourth-order valence-electron chi connectivity index (χ4n) is 1.70. The van der Waals surface area contributed by atoms with Crippen LogP contribution in [0.4, 0.5) is 4.39 Å². The van der Waals surface area contributed by atoms with Crippen molar-refractivity contribution in [2.24, 2.45) is 5.92 Å². The molecule has 1 aliphatic rings. The first-order chi connectivity index (χ1) is 8.38. The van der Waals surface area contributed by atoms with Crippen LogP contribution >= 0.6 is 0 Å². The van der Waals surface area contributed by atoms with Crippen LogP contribution in [0.1, 0.15) is 5.56 Å². The minimum atomic E-state index is -3.51. The highest BCUT2D eigenvalue weighted by Crippen LogP contribution is 2.22. The summed E-state index contributed by atoms with van der Waals surface area (Å²) in [6.07, 6.45) is 0. The second kappa shape index (κ2) is 4.66. The Bertz CT molecular complexity index is 549. The maximum absolute atomic E-state index is 12.7. The molecule has 2 rings (SSSR count). The fraction of sp³-hybridized carbons (Fsp3) is 0.364. The zero-order valence-corrected chi connectivity index (χ0v) is 10.2. The molecule has 7 heteroatoms. The quantitative estimate of drug-likeness (QED) is 0.875. The second-order valence-corrected chi connectivity index (χ2v) is 6.20. The summed E-state index contributed by atoms with van der Waals surface area (Å²) in [5.74, 6) is -2.26. The third-order valence-corrected chi connectivity index (χ3v) is 4.64. The van der Waals surface area contributed by atoms with E-state index in [9.17, 15) is 17.6 Å². The molecule has 5 nitrogen and oxygen atoms in total. The minimum Gasteiger partial charge on any atom is -0.481 e. The highest BCUT2D eigenvalue weighted by Gasteiger charge is 2.39. The van der Waals surface area contributed by atoms with Gasteiger partial charge in [-0.1, -0.05) is 12.1 Å². The van der Waals surface area contributed by atoms with E-state index in [-0.39, 0.29) is 18.8 Å². The predicted octanol–water partition coefficient (Wildman–Crippen LogP) is 0.672. The highest BCUT2D eigenvalue weighted by molar-refractivity contribution is 7.88. The van der Waals surface area contributed by atoms with Crippen LogP contribution < -0.4 is 0 Å². The van der Waals surface area contributed by atoms with Crippen molar-refractivity contribution in [2.75, 3.05) is 13.1 Å². The lowest BCUT2D eigenvalue weighted by Gasteiger charge is -2.35. The number of rotatable bonds is 4. The molecule has 1 aromatic carbocycles. The lowest BCUT2D eigenvalue weighted by molar-refractivity contribution is -0.145. The Hall–Kier alpha value is -1.47. The van der Waals surface area contributed by atoms with Gasteiger partial charge in [-0.2, -0.15) is 4.31 Å². The zero-order chi connectivity index (χ0) is 13.3. The van der Waals surface area contributed by atoms with E-state index in [1.807, 2.05) is 0 Å². The van der Waals surface area contributed by atoms with Gasteiger partial charge in [0.15, 0.2) is 0 Å². The third kappa shape index (κ3) is 2.68. The molecule has 0 atom stereocenters. The Morgan fingerprint density at radius 2 is 1.89 bits per heavy atom. The zero-order valence-electron chi connectivity index (χ0n) is 9.41. The van der Waals surface area contributed by atoms with Crippen molar-refractivity contribution in [3.8, 4) is 0 Å². The number of carboxylic acids is 1. The molecule has 0 amide bonds. The van der Waals surface area contributed by atoms with Crippen molar-refractivity contribution in [1.29, 1.82) is 0 Å². The van der Waals surface area contributed by atoms with E-state index in [2.05, 4.69) is 0 Å². The number of benzene rings is 1. The molecule has 18 heavy (non-hydrogen) atoms. The summed E-state index contributed by atoms with van der Waals surface area (Å²) in [6.45, 7) is 0.0255. The number of carboxylic acid groups (broad SMARTS) is 1. The van der Waals surface area contributed by atoms with Gasteiger partial charge < -0.3 is 5.11 Å². The summed E-state index contributed by atoms with van der Waals surface area (Å²) in [5, 5.41) is 8.67. The summed E-state index contributed by atoms with van der Waals surface area (Å²) < 4.78 is 37.6. The van der Waals surface area contributed by atoms with Gasteiger partial charge in [0, 0.05) is 13.1 Å². The van der Waals surface area contributed by atoms with Crippen LogP contribution in [0, 0.1) is 11.7 Å². The molecule has 0 spiro atoms. The Labute approximate surface area is 104 Å². The molecule has 1 heterocycles. The highest BCUT2D eigenvalue weighted by atomic mass is 32.2. The van der Waals surface area contributed by atoms with Crippen molar-refractivity contribution < 1.29 is 22.7 Å². The Balaban J connectivity index is 2.01. The maximum Gasteiger partial charge on any atom is 0.309 e. The maximum atomic E-state index is 12.7. The number of hydrogen-bond acceptors (Lipinski definition) is 3. The molecule has 98 valence electrons. The number of carbonyl (C=O) groups is 1. The number of hydrogen-bond donors (Lipinski definition) is 1. The van der Waals surface area contributed by atoms with E-state index >= 15 is 0 Å². The molecule has 1 aromatic rings. The van der Waals surface area contributed by atoms with Crippen molar-refractivity contribution in [3.63, 3.8) is 0 Å². The number of nitrogens with zero attached hydrogens (tertiary/aromatic N) is 1. The van der Waals surface area contributed by atoms with Gasteiger partial charge in [0.1, 0.15) is 5.82 Å². The summed E-state index contributed by atoms with van der Waals surface area (Å²) in [7, 11) is -3.51. The largest absolute Gasteiger partial charge is 0.481 e. The van der Waals surface area contributed by atoms with Crippen LogP contribution in [0.5, 0.6) is 0 Å². The molecular formula is C11H12FNO4S. The number of sulfonamides is 1. The van der Waals surface area contributed by atoms with E-state index in [4.69, 9.17) is 5.11 Å². The van der Waals surface area contributed by atoms with Crippen molar-refractivity contribution >= 4 is 16.0 Å². The van der Waals surface area contributed by atoms with E-state index in [1.165, 1.54) is 24.3 Å². The van der Waals surface area contributed by atoms with Crippen LogP contribution in [-0.4, -0.2) is 36.9 Å². The number of halogens is 1. The molecule has 0 bridgehead atoms. The van der Waals surface area contributed by atoms with Crippen molar-refractivity contribution in [3.05, 3.63) is 35.6 Å². The Morgan fingerprint density at radius 1 is 1.33 bits per heavy atom. The summed E-state index contributed by atoms with van der Waals surface area (Å²) in [6, 6.07) is 5.20. The number of aliphatic carboxylic acids is 1. The summed E-state index contributed by atoms with van der Waals surface area (Å²) >= 11 is 0. The normalized spacial score (nSPS) is 17.4. The van der Waals surface area contributed by atoms with Crippen LogP contribution in [0.15, 0.2) is 24.3 Å². The molecular weight excluding hydrogens is 261 g/mol. The Morgan fingerprint density at radius 3 is 2.39 bits per heavy atom. The van der Waals surface area contributed by atoms with E-state index in [1.54, 1.807) is 0 Å². The van der Waals surface area contributed by atoms with Gasteiger partial charge in [0.25, 0.3) is 0 Å². The topological polar surface area (TPSA) is 74.7 Å². The Kier molecular flexibility index (Phi) is 3.36. The van der Waals surface area contributed by atoms with Gasteiger partial charge in [0.05, 0.1) is 11.7 Å². The fourth-order valence-corrected chi connectivity index (χ4v) is 3.31. The van der Waals surface area contributed by atoms with Crippen LogP contribution in [-0.2, 0) is 20.6 Å². The molecule has 1 N–H and O–H groups in total. The average molecular weight is 273 g/mol. The van der Waals surface area contributed by atoms with Gasteiger partial charge in [-0.15, -0.1) is 0 Å². The first kappa shape index (κ1) is 13.0. The van der Waals surface area contributed by atoms with Crippen molar-refractivity contribution in [1.82, 2.24) is 4.31 Å². The minimum absolute atomic E-state index is 0.0128. The molecule has 0 radical (unpaired) electrons. The first-order valence-electron chi connectivity index (χ1n) is 5.33. The molecule has 1 fully saturated rings. The van der Waals surface area contributed by atoms with Gasteiger partial charge in [-0.05, 0) is 17.7 Å². The van der Waals surface area contributed by atoms with Gasteiger partial charge in [-0.25, -0.2) is 12.8 Å². The summed E-state index contributed by atoms with van der Waals surface area (Å²) in [5.41, 5.74) is 0.482. The van der Waals surface area contributed by atoms with E-state index < -0.39 is 27.7 Å². The van der Waals surface area contributed by atoms with E-state index in [0.717, 1.165) is 4.31 Å². The van der Waals surface area contributed by atoms with Crippen molar-refractivity contribution in [2.45, 2.75) is 5.75 Å². The van der Waals surface area contributed by atoms with Gasteiger partial charge >= 0.3 is 5.97 Å². The lowest BCUT2D eigenvalue weighted by Crippen LogP contribution is -2.53. The molecule has 1 aliphatic heterocycles. The van der Waals surface area contributed by atoms with Crippen LogP contribution in [0.3, 0.4) is 0 Å². The lowest BCUT2D eigenvalue weighted by atomic mass is 10.0. The smallest absolute Gasteiger partial charge is 0.309 e.